The summed E-state index contributed by atoms with van der Waals surface area (Å²) in [5, 5.41) is 12.2. The molecule has 1 fully saturated rings. The zero-order valence-electron chi connectivity index (χ0n) is 15.5. The molecule has 4 rings (SSSR count). The molecule has 1 aromatic heterocycles. The molecule has 29 heavy (non-hydrogen) atoms. The van der Waals surface area contributed by atoms with Crippen molar-refractivity contribution in [3.8, 4) is 5.75 Å². The average molecular weight is 473 g/mol. The number of carbonyl (C=O) groups is 2. The number of anilines is 2. The second-order valence-electron chi connectivity index (χ2n) is 6.48. The molecule has 9 heteroatoms. The molecule has 0 bridgehead atoms. The van der Waals surface area contributed by atoms with Crippen molar-refractivity contribution < 1.29 is 14.3 Å². The zero-order valence-corrected chi connectivity index (χ0v) is 17.9. The molecule has 148 valence electrons. The number of hydrogen-bond donors (Lipinski definition) is 1. The minimum Gasteiger partial charge on any atom is -0.497 e. The lowest BCUT2D eigenvalue weighted by Gasteiger charge is -2.16. The first kappa shape index (κ1) is 19.5. The van der Waals surface area contributed by atoms with Crippen LogP contribution in [0.5, 0.6) is 5.75 Å². The molecule has 0 aliphatic carbocycles. The maximum Gasteiger partial charge on any atom is 0.258 e. The van der Waals surface area contributed by atoms with Crippen LogP contribution in [0, 0.1) is 0 Å². The summed E-state index contributed by atoms with van der Waals surface area (Å²) in [6.45, 7) is 0.526. The molecular weight excluding hydrogens is 456 g/mol. The Bertz CT molecular complexity index is 1050. The summed E-state index contributed by atoms with van der Waals surface area (Å²) < 4.78 is 5.87. The van der Waals surface area contributed by atoms with Gasteiger partial charge in [-0.25, -0.2) is 0 Å². The molecule has 2 aromatic carbocycles. The van der Waals surface area contributed by atoms with E-state index < -0.39 is 0 Å². The molecule has 0 spiro atoms. The number of benzene rings is 2. The molecule has 3 aromatic rings. The third kappa shape index (κ3) is 4.15. The first-order valence-electron chi connectivity index (χ1n) is 8.89. The summed E-state index contributed by atoms with van der Waals surface area (Å²) in [6.07, 6.45) is 0.360. The summed E-state index contributed by atoms with van der Waals surface area (Å²) in [6, 6.07) is 14.6. The predicted molar refractivity (Wildman–Crippen MR) is 115 cm³/mol. The first-order valence-corrected chi connectivity index (χ1v) is 10.5. The van der Waals surface area contributed by atoms with Gasteiger partial charge in [0.25, 0.3) is 5.91 Å². The number of methoxy groups -OCH3 is 1. The normalized spacial score (nSPS) is 16.1. The lowest BCUT2D eigenvalue weighted by atomic mass is 10.1. The highest BCUT2D eigenvalue weighted by molar-refractivity contribution is 9.10. The van der Waals surface area contributed by atoms with Gasteiger partial charge in [0.05, 0.1) is 12.7 Å². The van der Waals surface area contributed by atoms with Crippen molar-refractivity contribution in [1.29, 1.82) is 0 Å². The maximum atomic E-state index is 12.5. The number of halogens is 1. The Morgan fingerprint density at radius 1 is 1.21 bits per heavy atom. The monoisotopic (exact) mass is 472 g/mol. The molecule has 1 atom stereocenters. The van der Waals surface area contributed by atoms with Crippen molar-refractivity contribution in [2.45, 2.75) is 12.3 Å². The third-order valence-electron chi connectivity index (χ3n) is 4.64. The van der Waals surface area contributed by atoms with Crippen molar-refractivity contribution >= 4 is 49.9 Å². The van der Waals surface area contributed by atoms with Gasteiger partial charge in [0.15, 0.2) is 0 Å². The van der Waals surface area contributed by atoms with Crippen LogP contribution in [0.3, 0.4) is 0 Å². The number of carbonyl (C=O) groups excluding carboxylic acids is 2. The largest absolute Gasteiger partial charge is 0.497 e. The maximum absolute atomic E-state index is 12.5. The highest BCUT2D eigenvalue weighted by atomic mass is 79.9. The fourth-order valence-corrected chi connectivity index (χ4v) is 4.44. The van der Waals surface area contributed by atoms with Crippen molar-refractivity contribution in [2.75, 3.05) is 23.9 Å². The van der Waals surface area contributed by atoms with Gasteiger partial charge in [0.1, 0.15) is 10.8 Å². The van der Waals surface area contributed by atoms with E-state index in [1.165, 1.54) is 11.3 Å². The van der Waals surface area contributed by atoms with E-state index in [0.717, 1.165) is 16.4 Å². The van der Waals surface area contributed by atoms with Crippen molar-refractivity contribution in [1.82, 2.24) is 10.2 Å². The van der Waals surface area contributed by atoms with Gasteiger partial charge in [-0.05, 0) is 52.3 Å². The average Bonchev–Trinajstić information content (AvgIpc) is 3.35. The van der Waals surface area contributed by atoms with Crippen LogP contribution in [-0.2, 0) is 4.79 Å². The van der Waals surface area contributed by atoms with Gasteiger partial charge in [-0.1, -0.05) is 23.5 Å². The Labute approximate surface area is 179 Å². The van der Waals surface area contributed by atoms with Crippen molar-refractivity contribution in [3.63, 3.8) is 0 Å². The minimum absolute atomic E-state index is 0.0363. The van der Waals surface area contributed by atoms with Crippen LogP contribution in [0.2, 0.25) is 0 Å². The smallest absolute Gasteiger partial charge is 0.258 e. The fourth-order valence-electron chi connectivity index (χ4n) is 3.14. The Hall–Kier alpha value is -2.78. The summed E-state index contributed by atoms with van der Waals surface area (Å²) in [5.41, 5.74) is 1.34. The van der Waals surface area contributed by atoms with Crippen LogP contribution in [-0.4, -0.2) is 35.7 Å². The van der Waals surface area contributed by atoms with Gasteiger partial charge in [-0.15, -0.1) is 10.2 Å². The number of amides is 2. The Morgan fingerprint density at radius 3 is 2.69 bits per heavy atom. The van der Waals surface area contributed by atoms with Crippen LogP contribution < -0.4 is 15.0 Å². The van der Waals surface area contributed by atoms with E-state index >= 15 is 0 Å². The summed E-state index contributed by atoms with van der Waals surface area (Å²) in [7, 11) is 1.61. The number of ether oxygens (including phenoxy) is 1. The molecule has 2 amide bonds. The van der Waals surface area contributed by atoms with Crippen molar-refractivity contribution in [3.05, 3.63) is 63.6 Å². The van der Waals surface area contributed by atoms with Gasteiger partial charge in [0.2, 0.25) is 11.0 Å². The quantitative estimate of drug-likeness (QED) is 0.604. The van der Waals surface area contributed by atoms with Gasteiger partial charge in [-0.2, -0.15) is 0 Å². The molecule has 7 nitrogen and oxygen atoms in total. The SMILES string of the molecule is COc1ccc(N2C[C@H](c3nnc(NC(=O)c4ccccc4Br)s3)CC2=O)cc1. The van der Waals surface area contributed by atoms with E-state index in [0.29, 0.717) is 28.1 Å². The number of nitrogens with zero attached hydrogens (tertiary/aromatic N) is 3. The summed E-state index contributed by atoms with van der Waals surface area (Å²) in [5.74, 6) is 0.458. The molecule has 1 saturated heterocycles. The highest BCUT2D eigenvalue weighted by Crippen LogP contribution is 2.35. The molecular formula is C20H17BrN4O3S. The predicted octanol–water partition coefficient (Wildman–Crippen LogP) is 4.08. The third-order valence-corrected chi connectivity index (χ3v) is 6.33. The van der Waals surface area contributed by atoms with E-state index in [9.17, 15) is 9.59 Å². The highest BCUT2D eigenvalue weighted by Gasteiger charge is 2.34. The standard InChI is InChI=1S/C20H17BrN4O3S/c1-28-14-8-6-13(7-9-14)25-11-12(10-17(25)26)19-23-24-20(29-19)22-18(27)15-4-2-3-5-16(15)21/h2-9,12H,10-11H2,1H3,(H,22,24,27)/t12-/m1/s1. The van der Waals surface area contributed by atoms with Gasteiger partial charge in [0, 0.05) is 29.0 Å². The number of rotatable bonds is 5. The number of nitrogens with one attached hydrogen (secondary N) is 1. The van der Waals surface area contributed by atoms with E-state index in [1.54, 1.807) is 30.2 Å². The topological polar surface area (TPSA) is 84.4 Å². The molecule has 0 radical (unpaired) electrons. The molecule has 2 heterocycles. The van der Waals surface area contributed by atoms with Crippen LogP contribution in [0.1, 0.15) is 27.7 Å². The Balaban J connectivity index is 1.45. The van der Waals surface area contributed by atoms with Crippen LogP contribution in [0.4, 0.5) is 10.8 Å². The Morgan fingerprint density at radius 2 is 1.97 bits per heavy atom. The van der Waals surface area contributed by atoms with E-state index in [2.05, 4.69) is 31.4 Å². The fraction of sp³-hybridized carbons (Fsp3) is 0.200. The van der Waals surface area contributed by atoms with Gasteiger partial charge >= 0.3 is 0 Å². The van der Waals surface area contributed by atoms with Crippen molar-refractivity contribution in [2.24, 2.45) is 0 Å². The van der Waals surface area contributed by atoms with Crippen LogP contribution >= 0.6 is 27.3 Å². The second-order valence-corrected chi connectivity index (χ2v) is 8.35. The molecule has 0 unspecified atom stereocenters. The second kappa shape index (κ2) is 8.30. The van der Waals surface area contributed by atoms with Crippen LogP contribution in [0.15, 0.2) is 53.0 Å². The van der Waals surface area contributed by atoms with Crippen LogP contribution in [0.25, 0.3) is 0 Å². The minimum atomic E-state index is -0.262. The van der Waals surface area contributed by atoms with Gasteiger partial charge in [-0.3, -0.25) is 14.9 Å². The molecule has 0 saturated carbocycles. The van der Waals surface area contributed by atoms with E-state index in [-0.39, 0.29) is 17.7 Å². The van der Waals surface area contributed by atoms with E-state index in [4.69, 9.17) is 4.74 Å². The number of aromatic nitrogens is 2. The molecule has 1 aliphatic rings. The Kier molecular flexibility index (Phi) is 5.59. The number of hydrogen-bond acceptors (Lipinski definition) is 6. The molecule has 1 N–H and O–H groups in total. The first-order chi connectivity index (χ1) is 14.0. The molecule has 1 aliphatic heterocycles. The zero-order chi connectivity index (χ0) is 20.4. The summed E-state index contributed by atoms with van der Waals surface area (Å²) in [4.78, 5) is 26.7. The lowest BCUT2D eigenvalue weighted by Crippen LogP contribution is -2.24. The van der Waals surface area contributed by atoms with Gasteiger partial charge < -0.3 is 9.64 Å². The lowest BCUT2D eigenvalue weighted by molar-refractivity contribution is -0.117. The summed E-state index contributed by atoms with van der Waals surface area (Å²) >= 11 is 4.67. The van der Waals surface area contributed by atoms with E-state index in [1.807, 2.05) is 30.3 Å².